The third-order valence-electron chi connectivity index (χ3n) is 6.82. The number of carboxylic acids is 1. The first-order valence-corrected chi connectivity index (χ1v) is 13.0. The van der Waals surface area contributed by atoms with Crippen molar-refractivity contribution in [3.63, 3.8) is 0 Å². The number of benzene rings is 3. The van der Waals surface area contributed by atoms with Gasteiger partial charge in [0.25, 0.3) is 5.56 Å². The number of rotatable bonds is 6. The Balaban J connectivity index is 1.50. The van der Waals surface area contributed by atoms with Crippen LogP contribution in [0.3, 0.4) is 0 Å². The van der Waals surface area contributed by atoms with Gasteiger partial charge in [0.2, 0.25) is 0 Å². The molecule has 2 aliphatic rings. The fourth-order valence-electron chi connectivity index (χ4n) is 5.09. The van der Waals surface area contributed by atoms with E-state index in [0.717, 1.165) is 46.6 Å². The summed E-state index contributed by atoms with van der Waals surface area (Å²) in [5, 5.41) is 8.81. The number of hydrogen-bond donors (Lipinski definition) is 1. The summed E-state index contributed by atoms with van der Waals surface area (Å²) < 4.78 is 13.1. The van der Waals surface area contributed by atoms with Gasteiger partial charge in [0.05, 0.1) is 23.4 Å². The number of aliphatic carboxylic acids is 1. The number of aromatic nitrogens is 1. The zero-order valence-electron chi connectivity index (χ0n) is 20.6. The molecule has 0 amide bonds. The zero-order valence-corrected chi connectivity index (χ0v) is 21.4. The second-order valence-corrected chi connectivity index (χ2v) is 10.2. The molecule has 190 valence electrons. The Hall–Kier alpha value is -4.43. The Kier molecular flexibility index (Phi) is 6.17. The first-order chi connectivity index (χ1) is 18.5. The fraction of sp³-hybridized carbons (Fsp3) is 0.167. The molecule has 8 heteroatoms. The molecule has 1 aliphatic carbocycles. The second-order valence-electron chi connectivity index (χ2n) is 9.14. The summed E-state index contributed by atoms with van der Waals surface area (Å²) in [6.45, 7) is -0.407. The van der Waals surface area contributed by atoms with Crippen LogP contribution in [0.1, 0.15) is 34.7 Å². The highest BCUT2D eigenvalue weighted by atomic mass is 32.1. The quantitative estimate of drug-likeness (QED) is 0.415. The second kappa shape index (κ2) is 9.79. The van der Waals surface area contributed by atoms with Crippen LogP contribution >= 0.6 is 11.3 Å². The molecule has 38 heavy (non-hydrogen) atoms. The average Bonchev–Trinajstić information content (AvgIpc) is 3.25. The van der Waals surface area contributed by atoms with Gasteiger partial charge < -0.3 is 14.6 Å². The smallest absolute Gasteiger partial charge is 0.341 e. The van der Waals surface area contributed by atoms with E-state index in [-0.39, 0.29) is 11.6 Å². The van der Waals surface area contributed by atoms with Gasteiger partial charge >= 0.3 is 5.97 Å². The van der Waals surface area contributed by atoms with Crippen LogP contribution in [0, 0.1) is 0 Å². The molecule has 1 atom stereocenters. The van der Waals surface area contributed by atoms with E-state index >= 15 is 0 Å². The molecule has 7 nitrogen and oxygen atoms in total. The van der Waals surface area contributed by atoms with Crippen LogP contribution in [-0.4, -0.2) is 29.4 Å². The Labute approximate surface area is 222 Å². The predicted octanol–water partition coefficient (Wildman–Crippen LogP) is 3.79. The summed E-state index contributed by atoms with van der Waals surface area (Å²) >= 11 is 1.37. The van der Waals surface area contributed by atoms with Gasteiger partial charge in [0, 0.05) is 5.56 Å². The molecule has 0 saturated heterocycles. The summed E-state index contributed by atoms with van der Waals surface area (Å²) in [5.74, 6) is 0.159. The standard InChI is InChI=1S/C30H24N2O5S/c1-36-22-7-4-6-20(16-22)28-24-14-11-19-5-2-3-8-23(19)27(24)31-30-32(28)29(35)25(38-30)15-18-9-12-21(13-10-18)37-17-26(33)34/h2-10,12-13,15-16,28H,11,14,17H2,1H3,(H,33,34)/b25-15-/t28-/m1/s1. The van der Waals surface area contributed by atoms with Crippen molar-refractivity contribution in [1.29, 1.82) is 0 Å². The van der Waals surface area contributed by atoms with Gasteiger partial charge in [-0.3, -0.25) is 9.36 Å². The Morgan fingerprint density at radius 3 is 2.68 bits per heavy atom. The predicted molar refractivity (Wildman–Crippen MR) is 145 cm³/mol. The van der Waals surface area contributed by atoms with Crippen LogP contribution < -0.4 is 24.4 Å². The number of allylic oxidation sites excluding steroid dienone is 1. The lowest BCUT2D eigenvalue weighted by Crippen LogP contribution is -2.38. The highest BCUT2D eigenvalue weighted by Gasteiger charge is 2.32. The molecular formula is C30H24N2O5S. The summed E-state index contributed by atoms with van der Waals surface area (Å²) in [4.78, 5) is 30.3. The molecule has 1 aromatic heterocycles. The maximum Gasteiger partial charge on any atom is 0.341 e. The molecule has 0 bridgehead atoms. The van der Waals surface area contributed by atoms with Crippen molar-refractivity contribution in [1.82, 2.24) is 4.57 Å². The van der Waals surface area contributed by atoms with Crippen molar-refractivity contribution in [3.8, 4) is 11.5 Å². The van der Waals surface area contributed by atoms with Gasteiger partial charge in [-0.1, -0.05) is 59.9 Å². The SMILES string of the molecule is COc1cccc([C@@H]2C3=C(N=c4s/c(=C\c5ccc(OCC(=O)O)cc5)c(=O)n42)c2ccccc2CC3)c1. The van der Waals surface area contributed by atoms with Gasteiger partial charge in [-0.2, -0.15) is 0 Å². The van der Waals surface area contributed by atoms with Crippen molar-refractivity contribution < 1.29 is 19.4 Å². The lowest BCUT2D eigenvalue weighted by Gasteiger charge is -2.31. The van der Waals surface area contributed by atoms with Gasteiger partial charge in [0.1, 0.15) is 11.5 Å². The number of carboxylic acid groups (broad SMARTS) is 1. The average molecular weight is 525 g/mol. The van der Waals surface area contributed by atoms with E-state index in [1.165, 1.54) is 16.9 Å². The van der Waals surface area contributed by atoms with E-state index < -0.39 is 12.6 Å². The van der Waals surface area contributed by atoms with Gasteiger partial charge in [0.15, 0.2) is 11.4 Å². The number of thiazole rings is 1. The monoisotopic (exact) mass is 524 g/mol. The van der Waals surface area contributed by atoms with E-state index in [1.807, 2.05) is 41.0 Å². The van der Waals surface area contributed by atoms with Crippen LogP contribution in [0.25, 0.3) is 11.8 Å². The first-order valence-electron chi connectivity index (χ1n) is 12.2. The molecule has 6 rings (SSSR count). The number of ether oxygens (including phenoxy) is 2. The molecule has 4 aromatic rings. The van der Waals surface area contributed by atoms with E-state index in [9.17, 15) is 9.59 Å². The largest absolute Gasteiger partial charge is 0.497 e. The maximum atomic E-state index is 13.9. The fourth-order valence-corrected chi connectivity index (χ4v) is 6.09. The lowest BCUT2D eigenvalue weighted by molar-refractivity contribution is -0.139. The zero-order chi connectivity index (χ0) is 26.2. The summed E-state index contributed by atoms with van der Waals surface area (Å²) in [5.41, 5.74) is 6.17. The molecule has 0 unspecified atom stereocenters. The summed E-state index contributed by atoms with van der Waals surface area (Å²) in [7, 11) is 1.64. The van der Waals surface area contributed by atoms with Crippen molar-refractivity contribution in [2.45, 2.75) is 18.9 Å². The summed E-state index contributed by atoms with van der Waals surface area (Å²) in [6, 6.07) is 22.9. The van der Waals surface area contributed by atoms with Crippen LogP contribution in [0.15, 0.2) is 88.2 Å². The Morgan fingerprint density at radius 2 is 1.89 bits per heavy atom. The maximum absolute atomic E-state index is 13.9. The normalized spacial score (nSPS) is 16.2. The Morgan fingerprint density at radius 1 is 1.08 bits per heavy atom. The van der Waals surface area contributed by atoms with Crippen molar-refractivity contribution in [3.05, 3.63) is 120 Å². The number of hydrogen-bond acceptors (Lipinski definition) is 6. The number of aryl methyl sites for hydroxylation is 1. The number of carbonyl (C=O) groups is 1. The van der Waals surface area contributed by atoms with E-state index in [1.54, 1.807) is 31.4 Å². The van der Waals surface area contributed by atoms with Crippen LogP contribution in [-0.2, 0) is 11.2 Å². The summed E-state index contributed by atoms with van der Waals surface area (Å²) in [6.07, 6.45) is 3.55. The molecule has 0 radical (unpaired) electrons. The highest BCUT2D eigenvalue weighted by Crippen LogP contribution is 2.41. The van der Waals surface area contributed by atoms with Gasteiger partial charge in [-0.25, -0.2) is 9.79 Å². The lowest BCUT2D eigenvalue weighted by atomic mass is 9.83. The third kappa shape index (κ3) is 4.33. The number of fused-ring (bicyclic) bond motifs is 3. The van der Waals surface area contributed by atoms with Crippen LogP contribution in [0.2, 0.25) is 0 Å². The molecule has 1 N–H and O–H groups in total. The van der Waals surface area contributed by atoms with E-state index in [2.05, 4.69) is 18.2 Å². The number of methoxy groups -OCH3 is 1. The molecule has 0 spiro atoms. The minimum absolute atomic E-state index is 0.0989. The van der Waals surface area contributed by atoms with Gasteiger partial charge in [-0.05, 0) is 65.4 Å². The topological polar surface area (TPSA) is 90.1 Å². The number of nitrogens with zero attached hydrogens (tertiary/aromatic N) is 2. The molecule has 0 saturated carbocycles. The van der Waals surface area contributed by atoms with Gasteiger partial charge in [-0.15, -0.1) is 0 Å². The molecule has 3 aromatic carbocycles. The first kappa shape index (κ1) is 23.9. The molecule has 0 fully saturated rings. The molecule has 2 heterocycles. The molecule has 1 aliphatic heterocycles. The van der Waals surface area contributed by atoms with E-state index in [0.29, 0.717) is 15.1 Å². The minimum atomic E-state index is -1.04. The molecular weight excluding hydrogens is 500 g/mol. The van der Waals surface area contributed by atoms with Crippen LogP contribution in [0.4, 0.5) is 0 Å². The highest BCUT2D eigenvalue weighted by molar-refractivity contribution is 7.07. The Bertz CT molecular complexity index is 1770. The van der Waals surface area contributed by atoms with Crippen molar-refractivity contribution >= 4 is 29.1 Å². The van der Waals surface area contributed by atoms with Crippen molar-refractivity contribution in [2.24, 2.45) is 4.99 Å². The minimum Gasteiger partial charge on any atom is -0.497 e. The van der Waals surface area contributed by atoms with Crippen LogP contribution in [0.5, 0.6) is 11.5 Å². The van der Waals surface area contributed by atoms with E-state index in [4.69, 9.17) is 19.6 Å². The van der Waals surface area contributed by atoms with Crippen molar-refractivity contribution in [2.75, 3.05) is 13.7 Å². The third-order valence-corrected chi connectivity index (χ3v) is 7.81.